The van der Waals surface area contributed by atoms with E-state index < -0.39 is 0 Å². The first-order valence-electron chi connectivity index (χ1n) is 10.3. The van der Waals surface area contributed by atoms with Crippen LogP contribution < -0.4 is 10.1 Å². The van der Waals surface area contributed by atoms with Crippen LogP contribution in [0.4, 0.5) is 4.39 Å². The molecule has 1 heterocycles. The van der Waals surface area contributed by atoms with Gasteiger partial charge in [0.25, 0.3) is 0 Å². The van der Waals surface area contributed by atoms with Crippen molar-refractivity contribution in [2.75, 3.05) is 26.2 Å². The Bertz CT molecular complexity index is 890. The number of hydrogen-bond donors (Lipinski definition) is 1. The molecule has 3 aromatic carbocycles. The Balaban J connectivity index is 1.60. The molecule has 0 amide bonds. The largest absolute Gasteiger partial charge is 0.489 e. The van der Waals surface area contributed by atoms with Gasteiger partial charge in [-0.3, -0.25) is 4.90 Å². The highest BCUT2D eigenvalue weighted by Gasteiger charge is 2.23. The Kier molecular flexibility index (Phi) is 6.55. The minimum atomic E-state index is -0.204. The maximum absolute atomic E-state index is 13.5. The molecule has 4 rings (SSSR count). The fraction of sp³-hybridized carbons (Fsp3) is 0.280. The van der Waals surface area contributed by atoms with Crippen molar-refractivity contribution in [1.82, 2.24) is 10.2 Å². The van der Waals surface area contributed by atoms with E-state index in [1.807, 2.05) is 42.5 Å². The molecule has 0 aliphatic carbocycles. The average Bonchev–Trinajstić information content (AvgIpc) is 3.04. The molecule has 29 heavy (non-hydrogen) atoms. The highest BCUT2D eigenvalue weighted by atomic mass is 19.1. The summed E-state index contributed by atoms with van der Waals surface area (Å²) in [5.41, 5.74) is 3.42. The molecule has 0 radical (unpaired) electrons. The third-order valence-electron chi connectivity index (χ3n) is 5.35. The summed E-state index contributed by atoms with van der Waals surface area (Å²) in [4.78, 5) is 2.48. The molecule has 1 unspecified atom stereocenters. The molecule has 0 aromatic heterocycles. The first kappa shape index (κ1) is 19.6. The lowest BCUT2D eigenvalue weighted by Crippen LogP contribution is -2.33. The van der Waals surface area contributed by atoms with Crippen LogP contribution >= 0.6 is 0 Å². The number of ether oxygens (including phenoxy) is 1. The molecule has 0 spiro atoms. The monoisotopic (exact) mass is 390 g/mol. The van der Waals surface area contributed by atoms with Crippen LogP contribution in [0.5, 0.6) is 5.75 Å². The van der Waals surface area contributed by atoms with Gasteiger partial charge in [-0.1, -0.05) is 54.6 Å². The zero-order valence-corrected chi connectivity index (χ0v) is 16.6. The Morgan fingerprint density at radius 2 is 1.69 bits per heavy atom. The second kappa shape index (κ2) is 9.68. The zero-order chi connectivity index (χ0) is 19.9. The minimum absolute atomic E-state index is 0.0794. The molecule has 4 heteroatoms. The maximum Gasteiger partial charge on any atom is 0.123 e. The second-order valence-electron chi connectivity index (χ2n) is 7.44. The predicted molar refractivity (Wildman–Crippen MR) is 115 cm³/mol. The van der Waals surface area contributed by atoms with Crippen molar-refractivity contribution in [2.24, 2.45) is 0 Å². The van der Waals surface area contributed by atoms with Gasteiger partial charge in [-0.2, -0.15) is 0 Å². The average molecular weight is 391 g/mol. The van der Waals surface area contributed by atoms with E-state index >= 15 is 0 Å². The summed E-state index contributed by atoms with van der Waals surface area (Å²) in [5, 5.41) is 3.47. The summed E-state index contributed by atoms with van der Waals surface area (Å²) in [6.45, 7) is 4.50. The smallest absolute Gasteiger partial charge is 0.123 e. The van der Waals surface area contributed by atoms with Crippen LogP contribution in [-0.2, 0) is 6.61 Å². The Morgan fingerprint density at radius 3 is 2.52 bits per heavy atom. The molecular weight excluding hydrogens is 363 g/mol. The summed E-state index contributed by atoms with van der Waals surface area (Å²) in [6.07, 6.45) is 1.10. The number of rotatable bonds is 6. The van der Waals surface area contributed by atoms with E-state index in [1.54, 1.807) is 12.1 Å². The summed E-state index contributed by atoms with van der Waals surface area (Å²) in [7, 11) is 0. The number of nitrogens with one attached hydrogen (secondary N) is 1. The summed E-state index contributed by atoms with van der Waals surface area (Å²) in [6, 6.07) is 25.5. The van der Waals surface area contributed by atoms with Gasteiger partial charge in [-0.25, -0.2) is 4.39 Å². The topological polar surface area (TPSA) is 24.5 Å². The number of nitrogens with zero attached hydrogens (tertiary/aromatic N) is 1. The van der Waals surface area contributed by atoms with Gasteiger partial charge in [-0.15, -0.1) is 0 Å². The van der Waals surface area contributed by atoms with Crippen LogP contribution in [0.15, 0.2) is 78.9 Å². The molecule has 3 aromatic rings. The summed E-state index contributed by atoms with van der Waals surface area (Å²) < 4.78 is 19.6. The van der Waals surface area contributed by atoms with Gasteiger partial charge < -0.3 is 10.1 Å². The Morgan fingerprint density at radius 1 is 0.862 bits per heavy atom. The van der Waals surface area contributed by atoms with Gasteiger partial charge in [-0.05, 0) is 53.9 Å². The highest BCUT2D eigenvalue weighted by molar-refractivity contribution is 5.37. The molecule has 1 saturated heterocycles. The maximum atomic E-state index is 13.5. The SMILES string of the molecule is Fc1ccc(C(c2cccc(OCc3ccccc3)c2)N2CCCNCC2)cc1. The molecule has 0 bridgehead atoms. The van der Waals surface area contributed by atoms with Crippen LogP contribution in [0.25, 0.3) is 0 Å². The quantitative estimate of drug-likeness (QED) is 0.655. The van der Waals surface area contributed by atoms with E-state index in [2.05, 4.69) is 34.5 Å². The van der Waals surface area contributed by atoms with E-state index in [9.17, 15) is 4.39 Å². The molecule has 0 saturated carbocycles. The molecule has 1 fully saturated rings. The van der Waals surface area contributed by atoms with Gasteiger partial charge in [0.15, 0.2) is 0 Å². The third-order valence-corrected chi connectivity index (χ3v) is 5.35. The van der Waals surface area contributed by atoms with Gasteiger partial charge in [0, 0.05) is 19.6 Å². The van der Waals surface area contributed by atoms with Crippen molar-refractivity contribution in [1.29, 1.82) is 0 Å². The fourth-order valence-electron chi connectivity index (χ4n) is 3.90. The molecule has 1 aliphatic rings. The van der Waals surface area contributed by atoms with E-state index in [0.717, 1.165) is 49.5 Å². The van der Waals surface area contributed by atoms with E-state index in [1.165, 1.54) is 5.56 Å². The van der Waals surface area contributed by atoms with Gasteiger partial charge in [0.2, 0.25) is 0 Å². The number of benzene rings is 3. The number of halogens is 1. The van der Waals surface area contributed by atoms with Gasteiger partial charge in [0.05, 0.1) is 6.04 Å². The standard InChI is InChI=1S/C25H27FN2O/c26-23-12-10-21(11-13-23)25(28-16-5-14-27-15-17-28)22-8-4-9-24(18-22)29-19-20-6-2-1-3-7-20/h1-4,6-13,18,25,27H,5,14-17,19H2. The van der Waals surface area contributed by atoms with E-state index in [0.29, 0.717) is 6.61 Å². The molecule has 150 valence electrons. The van der Waals surface area contributed by atoms with E-state index in [4.69, 9.17) is 4.74 Å². The first-order chi connectivity index (χ1) is 14.3. The molecule has 1 atom stereocenters. The minimum Gasteiger partial charge on any atom is -0.489 e. The second-order valence-corrected chi connectivity index (χ2v) is 7.44. The fourth-order valence-corrected chi connectivity index (χ4v) is 3.90. The summed E-state index contributed by atoms with van der Waals surface area (Å²) >= 11 is 0. The molecule has 1 N–H and O–H groups in total. The van der Waals surface area contributed by atoms with Crippen molar-refractivity contribution >= 4 is 0 Å². The predicted octanol–water partition coefficient (Wildman–Crippen LogP) is 4.79. The number of hydrogen-bond acceptors (Lipinski definition) is 3. The van der Waals surface area contributed by atoms with Crippen LogP contribution in [0, 0.1) is 5.82 Å². The van der Waals surface area contributed by atoms with E-state index in [-0.39, 0.29) is 11.9 Å². The highest BCUT2D eigenvalue weighted by Crippen LogP contribution is 2.31. The normalized spacial score (nSPS) is 16.2. The third kappa shape index (κ3) is 5.22. The first-order valence-corrected chi connectivity index (χ1v) is 10.3. The van der Waals surface area contributed by atoms with Crippen LogP contribution in [0.2, 0.25) is 0 Å². The summed E-state index contributed by atoms with van der Waals surface area (Å²) in [5.74, 6) is 0.649. The lowest BCUT2D eigenvalue weighted by molar-refractivity contribution is 0.240. The molecular formula is C25H27FN2O. The van der Waals surface area contributed by atoms with Gasteiger partial charge in [0.1, 0.15) is 18.2 Å². The van der Waals surface area contributed by atoms with Crippen molar-refractivity contribution in [2.45, 2.75) is 19.1 Å². The van der Waals surface area contributed by atoms with Crippen molar-refractivity contribution < 1.29 is 9.13 Å². The molecule has 3 nitrogen and oxygen atoms in total. The Labute approximate surface area is 172 Å². The van der Waals surface area contributed by atoms with Crippen LogP contribution in [0.3, 0.4) is 0 Å². The van der Waals surface area contributed by atoms with Crippen molar-refractivity contribution in [3.63, 3.8) is 0 Å². The van der Waals surface area contributed by atoms with Crippen LogP contribution in [0.1, 0.15) is 29.2 Å². The van der Waals surface area contributed by atoms with Gasteiger partial charge >= 0.3 is 0 Å². The zero-order valence-electron chi connectivity index (χ0n) is 16.6. The lowest BCUT2D eigenvalue weighted by Gasteiger charge is -2.31. The lowest BCUT2D eigenvalue weighted by atomic mass is 9.96. The molecule has 1 aliphatic heterocycles. The Hall–Kier alpha value is -2.69. The van der Waals surface area contributed by atoms with Crippen molar-refractivity contribution in [3.05, 3.63) is 101 Å². The van der Waals surface area contributed by atoms with Crippen LogP contribution in [-0.4, -0.2) is 31.1 Å². The van der Waals surface area contributed by atoms with Crippen molar-refractivity contribution in [3.8, 4) is 5.75 Å².